The minimum Gasteiger partial charge on any atom is -0.340 e. The van der Waals surface area contributed by atoms with E-state index in [9.17, 15) is 0 Å². The molecule has 1 aliphatic heterocycles. The lowest BCUT2D eigenvalue weighted by Crippen LogP contribution is -2.46. The van der Waals surface area contributed by atoms with Gasteiger partial charge in [0.2, 0.25) is 25.3 Å². The number of fused-ring (bicyclic) bond motifs is 8. The van der Waals surface area contributed by atoms with Crippen LogP contribution in [0.25, 0.3) is 90.1 Å². The van der Waals surface area contributed by atoms with Crippen LogP contribution in [0.5, 0.6) is 0 Å². The molecule has 12 aromatic rings. The maximum Gasteiger partial charge on any atom is 0.208 e. The molecule has 8 aromatic carbocycles. The van der Waals surface area contributed by atoms with Gasteiger partial charge in [-0.3, -0.25) is 0 Å². The number of hydrogen-bond acceptors (Lipinski definition) is 0. The van der Waals surface area contributed by atoms with E-state index in [1.165, 1.54) is 0 Å². The second-order valence-corrected chi connectivity index (χ2v) is 18.7. The topological polar surface area (TPSA) is 35.2 Å². The molecule has 8 nitrogen and oxygen atoms in total. The van der Waals surface area contributed by atoms with Gasteiger partial charge in [0.1, 0.15) is 26.2 Å². The molecule has 74 heavy (non-hydrogen) atoms. The van der Waals surface area contributed by atoms with Gasteiger partial charge in [0.15, 0.2) is 13.3 Å². The summed E-state index contributed by atoms with van der Waals surface area (Å²) in [4.78, 5) is 0. The Morgan fingerprint density at radius 1 is 0.243 bits per heavy atom. The summed E-state index contributed by atoms with van der Waals surface area (Å²) in [6, 6.07) is 86.3. The van der Waals surface area contributed by atoms with Crippen LogP contribution in [-0.4, -0.2) is 18.3 Å². The van der Waals surface area contributed by atoms with Gasteiger partial charge in [0.05, 0.1) is 0 Å². The molecule has 0 saturated heterocycles. The van der Waals surface area contributed by atoms with Crippen LogP contribution in [-0.2, 0) is 39.5 Å². The second-order valence-electron chi connectivity index (χ2n) is 18.7. The molecule has 8 heteroatoms. The maximum atomic E-state index is 3.98. The molecule has 4 aromatic heterocycles. The Balaban J connectivity index is 1.11. The molecule has 0 saturated carbocycles. The average Bonchev–Trinajstić information content (AvgIpc) is 4.23. The zero-order valence-electron chi connectivity index (χ0n) is 40.9. The van der Waals surface area contributed by atoms with Crippen LogP contribution >= 0.6 is 0 Å². The van der Waals surface area contributed by atoms with E-state index in [1.54, 1.807) is 0 Å². The van der Waals surface area contributed by atoms with Crippen LogP contribution in [0.4, 0.5) is 0 Å². The Morgan fingerprint density at radius 3 is 0.824 bits per heavy atom. The summed E-state index contributed by atoms with van der Waals surface area (Å²) in [6.45, 7) is 3.32. The van der Waals surface area contributed by atoms with Crippen molar-refractivity contribution in [1.82, 2.24) is 18.3 Å². The summed E-state index contributed by atoms with van der Waals surface area (Å²) >= 11 is 0. The molecule has 8 bridgehead atoms. The van der Waals surface area contributed by atoms with Crippen molar-refractivity contribution in [3.05, 3.63) is 268 Å². The van der Waals surface area contributed by atoms with Crippen LogP contribution in [0.15, 0.2) is 243 Å². The minimum absolute atomic E-state index is 0.445. The summed E-state index contributed by atoms with van der Waals surface area (Å²) < 4.78 is 18.5. The number of nitrogens with zero attached hydrogens (tertiary/aromatic N) is 8. The van der Waals surface area contributed by atoms with Gasteiger partial charge in [-0.2, -0.15) is 0 Å². The molecular formula is C66H52N8. The second kappa shape index (κ2) is 19.7. The van der Waals surface area contributed by atoms with Gasteiger partial charge in [-0.05, 0) is 44.5 Å². The third kappa shape index (κ3) is 8.36. The molecule has 0 spiro atoms. The minimum atomic E-state index is 0.445. The van der Waals surface area contributed by atoms with Crippen LogP contribution in [0.1, 0.15) is 0 Å². The lowest BCUT2D eigenvalue weighted by Gasteiger charge is -2.18. The van der Waals surface area contributed by atoms with Crippen molar-refractivity contribution in [2.24, 2.45) is 0 Å². The zero-order chi connectivity index (χ0) is 49.2. The number of rotatable bonds is 8. The SMILES string of the molecule is [c-]1n2c(-c3ccccc3)c(-c3ccccc3)[n+]1CCn1[c-][n+](c(-c3ccccc3)c1-c1ccccc1)Cn1[c-][n+](c(-c3ccccc3)c1-c1ccccc1)CC[n+]1[c-]n(c(-c3ccccc3)c1-c1ccccc1)C2. The monoisotopic (exact) mass is 956 g/mol. The van der Waals surface area contributed by atoms with E-state index >= 15 is 0 Å². The first-order chi connectivity index (χ1) is 36.7. The lowest BCUT2D eigenvalue weighted by atomic mass is 10.0. The summed E-state index contributed by atoms with van der Waals surface area (Å²) in [5.41, 5.74) is 17.6. The number of aryl methyl sites for hydroxylation is 4. The number of hydrogen-bond donors (Lipinski definition) is 0. The quantitative estimate of drug-likeness (QED) is 0.107. The number of benzene rings is 8. The fourth-order valence-corrected chi connectivity index (χ4v) is 10.9. The molecule has 1 aliphatic rings. The Morgan fingerprint density at radius 2 is 0.486 bits per heavy atom. The van der Waals surface area contributed by atoms with Crippen molar-refractivity contribution in [1.29, 1.82) is 0 Å². The molecule has 0 atom stereocenters. The maximum absolute atomic E-state index is 3.98. The highest BCUT2D eigenvalue weighted by Gasteiger charge is 2.26. The molecule has 0 radical (unpaired) electrons. The van der Waals surface area contributed by atoms with Crippen molar-refractivity contribution in [3.63, 3.8) is 0 Å². The first-order valence-corrected chi connectivity index (χ1v) is 25.4. The van der Waals surface area contributed by atoms with E-state index in [2.05, 4.69) is 305 Å². The molecular weight excluding hydrogens is 905 g/mol. The van der Waals surface area contributed by atoms with E-state index in [-0.39, 0.29) is 0 Å². The Hall–Kier alpha value is -9.40. The van der Waals surface area contributed by atoms with Gasteiger partial charge in [-0.15, -0.1) is 0 Å². The normalized spacial score (nSPS) is 12.5. The molecule has 13 rings (SSSR count). The molecule has 0 unspecified atom stereocenters. The highest BCUT2D eigenvalue weighted by molar-refractivity contribution is 5.80. The number of imidazole rings is 4. The standard InChI is InChI=1S/C66H52N8/c1-9-25-51(26-10-1)59-63(55-33-17-5-18-34-55)71-45-67(59)41-42-68-46-73(65(57-37-21-7-22-38-57)60(68)52-27-11-2-12-28-52)50-74-48-70(62(54-31-15-4-16-32-54)66(74)58-39-23-8-24-40-58)44-43-69-47-72(49-71)64(56-35-19-6-20-36-56)61(69)53-29-13-3-14-30-53/h1-40H,41-44,49-50H2. The predicted molar refractivity (Wildman–Crippen MR) is 288 cm³/mol. The summed E-state index contributed by atoms with van der Waals surface area (Å²) in [6.07, 6.45) is 15.9. The average molecular weight is 957 g/mol. The molecule has 0 aliphatic carbocycles. The fraction of sp³-hybridized carbons (Fsp3) is 0.0909. The van der Waals surface area contributed by atoms with Crippen LogP contribution < -0.4 is 18.3 Å². The third-order valence-electron chi connectivity index (χ3n) is 14.1. The Labute approximate surface area is 432 Å². The first kappa shape index (κ1) is 44.5. The van der Waals surface area contributed by atoms with E-state index in [4.69, 9.17) is 0 Å². The van der Waals surface area contributed by atoms with Crippen molar-refractivity contribution < 1.29 is 18.3 Å². The van der Waals surface area contributed by atoms with Crippen molar-refractivity contribution in [2.45, 2.75) is 39.5 Å². The Kier molecular flexibility index (Phi) is 11.8. The largest absolute Gasteiger partial charge is 0.340 e. The van der Waals surface area contributed by atoms with Crippen molar-refractivity contribution in [2.75, 3.05) is 0 Å². The first-order valence-electron chi connectivity index (χ1n) is 25.4. The highest BCUT2D eigenvalue weighted by atomic mass is 15.3. The summed E-state index contributed by atoms with van der Waals surface area (Å²) in [7, 11) is 0. The van der Waals surface area contributed by atoms with E-state index in [1.807, 2.05) is 0 Å². The van der Waals surface area contributed by atoms with Gasteiger partial charge in [-0.1, -0.05) is 243 Å². The molecule has 0 amide bonds. The van der Waals surface area contributed by atoms with Crippen molar-refractivity contribution in [3.8, 4) is 90.1 Å². The molecule has 5 heterocycles. The fourth-order valence-electron chi connectivity index (χ4n) is 10.9. The van der Waals surface area contributed by atoms with Gasteiger partial charge >= 0.3 is 0 Å². The van der Waals surface area contributed by atoms with E-state index in [0.717, 1.165) is 90.1 Å². The van der Waals surface area contributed by atoms with Crippen LogP contribution in [0.2, 0.25) is 0 Å². The summed E-state index contributed by atoms with van der Waals surface area (Å²) in [5.74, 6) is 0. The van der Waals surface area contributed by atoms with Crippen LogP contribution in [0, 0.1) is 25.3 Å². The van der Waals surface area contributed by atoms with Gasteiger partial charge in [-0.25, -0.2) is 0 Å². The molecule has 356 valence electrons. The van der Waals surface area contributed by atoms with E-state index < -0.39 is 0 Å². The number of aromatic nitrogens is 8. The van der Waals surface area contributed by atoms with Crippen LogP contribution in [0.3, 0.4) is 0 Å². The summed E-state index contributed by atoms with van der Waals surface area (Å²) in [5, 5.41) is 0. The van der Waals surface area contributed by atoms with Gasteiger partial charge in [0.25, 0.3) is 0 Å². The molecule has 0 fully saturated rings. The lowest BCUT2D eigenvalue weighted by molar-refractivity contribution is -0.773. The van der Waals surface area contributed by atoms with E-state index in [0.29, 0.717) is 39.5 Å². The predicted octanol–water partition coefficient (Wildman–Crippen LogP) is 11.3. The van der Waals surface area contributed by atoms with Gasteiger partial charge < -0.3 is 36.5 Å². The molecule has 0 N–H and O–H groups in total. The Bertz CT molecular complexity index is 3330. The zero-order valence-corrected chi connectivity index (χ0v) is 40.9. The smallest absolute Gasteiger partial charge is 0.208 e. The van der Waals surface area contributed by atoms with Gasteiger partial charge in [0, 0.05) is 45.6 Å². The van der Waals surface area contributed by atoms with Crippen molar-refractivity contribution >= 4 is 0 Å². The highest BCUT2D eigenvalue weighted by Crippen LogP contribution is 2.36. The third-order valence-corrected chi connectivity index (χ3v) is 14.1.